The molecule has 1 atom stereocenters. The maximum Gasteiger partial charge on any atom is 0.322 e. The number of fused-ring (bicyclic) bond motifs is 1. The van der Waals surface area contributed by atoms with Gasteiger partial charge in [0.25, 0.3) is 5.91 Å². The third kappa shape index (κ3) is 3.74. The van der Waals surface area contributed by atoms with E-state index in [1.54, 1.807) is 7.11 Å². The second kappa shape index (κ2) is 8.01. The molecule has 4 rings (SSSR count). The number of imide groups is 1. The Bertz CT molecular complexity index is 999. The van der Waals surface area contributed by atoms with Crippen LogP contribution in [-0.4, -0.2) is 37.7 Å². The first-order valence-electron chi connectivity index (χ1n) is 10.6. The molecular weight excluding hydrogens is 378 g/mol. The van der Waals surface area contributed by atoms with Gasteiger partial charge in [-0.25, -0.2) is 4.79 Å². The van der Waals surface area contributed by atoms with Gasteiger partial charge in [-0.15, -0.1) is 0 Å². The Morgan fingerprint density at radius 1 is 1.17 bits per heavy atom. The van der Waals surface area contributed by atoms with E-state index >= 15 is 0 Å². The zero-order valence-corrected chi connectivity index (χ0v) is 18.0. The van der Waals surface area contributed by atoms with E-state index in [1.807, 2.05) is 12.1 Å². The molecule has 3 amide bonds. The molecule has 0 aliphatic carbocycles. The number of ether oxygens (including phenoxy) is 1. The lowest BCUT2D eigenvalue weighted by molar-refractivity contribution is -0.120. The van der Waals surface area contributed by atoms with E-state index in [2.05, 4.69) is 54.5 Å². The number of methoxy groups -OCH3 is 1. The first kappa shape index (κ1) is 20.3. The molecule has 6 nitrogen and oxygen atoms in total. The van der Waals surface area contributed by atoms with Crippen LogP contribution in [0, 0.1) is 6.92 Å². The molecule has 1 unspecified atom stereocenters. The van der Waals surface area contributed by atoms with Crippen molar-refractivity contribution in [3.05, 3.63) is 47.0 Å². The van der Waals surface area contributed by atoms with Crippen molar-refractivity contribution < 1.29 is 14.3 Å². The molecule has 0 radical (unpaired) electrons. The molecule has 0 spiro atoms. The van der Waals surface area contributed by atoms with E-state index < -0.39 is 12.1 Å². The second-order valence-electron chi connectivity index (χ2n) is 8.44. The van der Waals surface area contributed by atoms with Crippen molar-refractivity contribution in [2.24, 2.45) is 0 Å². The van der Waals surface area contributed by atoms with Gasteiger partial charge in [0.05, 0.1) is 7.11 Å². The number of nitrogens with one attached hydrogen (secondary N) is 2. The summed E-state index contributed by atoms with van der Waals surface area (Å²) in [6, 6.07) is 10.1. The molecule has 0 saturated carbocycles. The van der Waals surface area contributed by atoms with Crippen LogP contribution in [0.4, 0.5) is 10.5 Å². The highest BCUT2D eigenvalue weighted by Gasteiger charge is 2.29. The Hall–Kier alpha value is -3.02. The molecule has 2 aromatic rings. The molecular formula is C24H29N3O3. The maximum absolute atomic E-state index is 11.9. The van der Waals surface area contributed by atoms with Crippen LogP contribution in [0.25, 0.3) is 11.1 Å². The third-order valence-electron chi connectivity index (χ3n) is 6.06. The number of carbonyl (C=O) groups excluding carboxylic acids is 2. The van der Waals surface area contributed by atoms with E-state index in [-0.39, 0.29) is 5.91 Å². The molecule has 2 aromatic carbocycles. The monoisotopic (exact) mass is 407 g/mol. The summed E-state index contributed by atoms with van der Waals surface area (Å²) in [7, 11) is 1.68. The zero-order chi connectivity index (χ0) is 21.4. The van der Waals surface area contributed by atoms with Gasteiger partial charge in [0.15, 0.2) is 0 Å². The third-order valence-corrected chi connectivity index (χ3v) is 6.06. The number of amides is 3. The first-order valence-corrected chi connectivity index (χ1v) is 10.6. The standard InChI is InChI=1S/C24H29N3O3/c1-14(2)27-9-5-6-17-13-18(15(3)10-21(17)27)19-11-16(7-8-22(19)30-4)12-20-23(28)26-24(29)25-20/h7-8,10-11,13-14,20H,5-6,9,12H2,1-4H3,(H2,25,26,28,29). The number of aryl methyl sites for hydroxylation is 2. The number of hydrogen-bond donors (Lipinski definition) is 2. The van der Waals surface area contributed by atoms with Crippen LogP contribution in [0.1, 0.15) is 37.0 Å². The van der Waals surface area contributed by atoms with Gasteiger partial charge in [0.2, 0.25) is 0 Å². The van der Waals surface area contributed by atoms with Gasteiger partial charge >= 0.3 is 6.03 Å². The number of rotatable bonds is 5. The van der Waals surface area contributed by atoms with Gasteiger partial charge < -0.3 is 15.0 Å². The highest BCUT2D eigenvalue weighted by Crippen LogP contribution is 2.39. The Morgan fingerprint density at radius 2 is 1.97 bits per heavy atom. The molecule has 158 valence electrons. The molecule has 2 aliphatic heterocycles. The molecule has 2 aliphatic rings. The molecule has 2 N–H and O–H groups in total. The van der Waals surface area contributed by atoms with Gasteiger partial charge in [-0.1, -0.05) is 6.07 Å². The van der Waals surface area contributed by atoms with Crippen LogP contribution in [-0.2, 0) is 17.6 Å². The van der Waals surface area contributed by atoms with Crippen molar-refractivity contribution in [2.45, 2.75) is 52.1 Å². The van der Waals surface area contributed by atoms with E-state index in [9.17, 15) is 9.59 Å². The van der Waals surface area contributed by atoms with Gasteiger partial charge in [0.1, 0.15) is 11.8 Å². The molecule has 6 heteroatoms. The number of anilines is 1. The average molecular weight is 408 g/mol. The van der Waals surface area contributed by atoms with Crippen molar-refractivity contribution in [2.75, 3.05) is 18.6 Å². The Morgan fingerprint density at radius 3 is 2.63 bits per heavy atom. The maximum atomic E-state index is 11.9. The molecule has 0 aromatic heterocycles. The quantitative estimate of drug-likeness (QED) is 0.744. The lowest BCUT2D eigenvalue weighted by Gasteiger charge is -2.35. The van der Waals surface area contributed by atoms with E-state index in [0.717, 1.165) is 41.8 Å². The van der Waals surface area contributed by atoms with Crippen LogP contribution in [0.3, 0.4) is 0 Å². The zero-order valence-electron chi connectivity index (χ0n) is 18.0. The number of urea groups is 1. The summed E-state index contributed by atoms with van der Waals surface area (Å²) in [6.45, 7) is 7.71. The molecule has 1 fully saturated rings. The van der Waals surface area contributed by atoms with Crippen LogP contribution in [0.15, 0.2) is 30.3 Å². The van der Waals surface area contributed by atoms with Crippen molar-refractivity contribution in [3.63, 3.8) is 0 Å². The minimum absolute atomic E-state index is 0.281. The topological polar surface area (TPSA) is 70.7 Å². The van der Waals surface area contributed by atoms with Crippen molar-refractivity contribution in [1.82, 2.24) is 10.6 Å². The Balaban J connectivity index is 1.72. The average Bonchev–Trinajstić information content (AvgIpc) is 3.03. The summed E-state index contributed by atoms with van der Waals surface area (Å²) < 4.78 is 5.66. The minimum atomic E-state index is -0.539. The van der Waals surface area contributed by atoms with Crippen LogP contribution < -0.4 is 20.3 Å². The lowest BCUT2D eigenvalue weighted by atomic mass is 9.90. The summed E-state index contributed by atoms with van der Waals surface area (Å²) >= 11 is 0. The van der Waals surface area contributed by atoms with Gasteiger partial charge in [-0.3, -0.25) is 10.1 Å². The lowest BCUT2D eigenvalue weighted by Crippen LogP contribution is -2.35. The van der Waals surface area contributed by atoms with Gasteiger partial charge in [-0.05, 0) is 80.1 Å². The number of nitrogens with zero attached hydrogens (tertiary/aromatic N) is 1. The van der Waals surface area contributed by atoms with Gasteiger partial charge in [-0.2, -0.15) is 0 Å². The fourth-order valence-corrected chi connectivity index (χ4v) is 4.52. The predicted molar refractivity (Wildman–Crippen MR) is 118 cm³/mol. The van der Waals surface area contributed by atoms with Gasteiger partial charge in [0, 0.05) is 30.3 Å². The summed E-state index contributed by atoms with van der Waals surface area (Å²) in [5, 5.41) is 4.97. The second-order valence-corrected chi connectivity index (χ2v) is 8.44. The minimum Gasteiger partial charge on any atom is -0.496 e. The van der Waals surface area contributed by atoms with E-state index in [1.165, 1.54) is 16.8 Å². The van der Waals surface area contributed by atoms with Crippen molar-refractivity contribution in [3.8, 4) is 16.9 Å². The normalized spacial score (nSPS) is 18.3. The largest absolute Gasteiger partial charge is 0.496 e. The highest BCUT2D eigenvalue weighted by molar-refractivity contribution is 6.04. The summed E-state index contributed by atoms with van der Waals surface area (Å²) in [4.78, 5) is 25.9. The van der Waals surface area contributed by atoms with Crippen LogP contribution in [0.2, 0.25) is 0 Å². The molecule has 1 saturated heterocycles. The van der Waals surface area contributed by atoms with E-state index in [0.29, 0.717) is 12.5 Å². The van der Waals surface area contributed by atoms with E-state index in [4.69, 9.17) is 4.74 Å². The van der Waals surface area contributed by atoms with Crippen LogP contribution >= 0.6 is 0 Å². The predicted octanol–water partition coefficient (Wildman–Crippen LogP) is 3.58. The fourth-order valence-electron chi connectivity index (χ4n) is 4.52. The highest BCUT2D eigenvalue weighted by atomic mass is 16.5. The summed E-state index contributed by atoms with van der Waals surface area (Å²) in [6.07, 6.45) is 2.67. The first-order chi connectivity index (χ1) is 14.4. The van der Waals surface area contributed by atoms with Crippen molar-refractivity contribution >= 4 is 17.6 Å². The number of benzene rings is 2. The molecule has 2 heterocycles. The molecule has 30 heavy (non-hydrogen) atoms. The molecule has 0 bridgehead atoms. The van der Waals surface area contributed by atoms with Crippen LogP contribution in [0.5, 0.6) is 5.75 Å². The SMILES string of the molecule is COc1ccc(CC2NC(=O)NC2=O)cc1-c1cc2c(cc1C)N(C(C)C)CCC2. The number of carbonyl (C=O) groups is 2. The summed E-state index contributed by atoms with van der Waals surface area (Å²) in [5.74, 6) is 0.523. The van der Waals surface area contributed by atoms with Crippen molar-refractivity contribution in [1.29, 1.82) is 0 Å². The number of hydrogen-bond acceptors (Lipinski definition) is 4. The summed E-state index contributed by atoms with van der Waals surface area (Å²) in [5.41, 5.74) is 7.04. The fraction of sp³-hybridized carbons (Fsp3) is 0.417. The smallest absolute Gasteiger partial charge is 0.322 e. The Labute approximate surface area is 177 Å². The Kier molecular flexibility index (Phi) is 5.41.